The number of rotatable bonds is 10. The molecule has 0 aliphatic carbocycles. The zero-order chi connectivity index (χ0) is 21.1. The van der Waals surface area contributed by atoms with Crippen molar-refractivity contribution in [1.29, 1.82) is 0 Å². The number of hydrogen-bond donors (Lipinski definition) is 2. The molecule has 0 aliphatic rings. The highest BCUT2D eigenvalue weighted by molar-refractivity contribution is 14.0. The molecule has 0 amide bonds. The average Bonchev–Trinajstić information content (AvgIpc) is 2.77. The van der Waals surface area contributed by atoms with Crippen molar-refractivity contribution in [2.45, 2.75) is 33.2 Å². The van der Waals surface area contributed by atoms with E-state index in [9.17, 15) is 0 Å². The average molecular weight is 528 g/mol. The van der Waals surface area contributed by atoms with E-state index in [0.717, 1.165) is 30.9 Å². The number of nitrogens with zero attached hydrogens (tertiary/aromatic N) is 2. The lowest BCUT2D eigenvalue weighted by Gasteiger charge is -2.17. The number of ether oxygens (including phenoxy) is 3. The maximum absolute atomic E-state index is 5.90. The minimum atomic E-state index is 0. The predicted octanol–water partition coefficient (Wildman–Crippen LogP) is 4.61. The van der Waals surface area contributed by atoms with Crippen LogP contribution in [0.5, 0.6) is 23.1 Å². The van der Waals surface area contributed by atoms with E-state index in [1.165, 1.54) is 0 Å². The second-order valence-electron chi connectivity index (χ2n) is 6.59. The fraction of sp³-hybridized carbons (Fsp3) is 0.455. The third-order valence-corrected chi connectivity index (χ3v) is 4.78. The molecule has 0 fully saturated rings. The molecular formula is C22H33IN4O3. The van der Waals surface area contributed by atoms with Crippen molar-refractivity contribution in [3.63, 3.8) is 0 Å². The third-order valence-electron chi connectivity index (χ3n) is 4.78. The fourth-order valence-corrected chi connectivity index (χ4v) is 2.82. The maximum atomic E-state index is 5.90. The highest BCUT2D eigenvalue weighted by Gasteiger charge is 2.13. The minimum Gasteiger partial charge on any atom is -0.493 e. The lowest BCUT2D eigenvalue weighted by molar-refractivity contribution is 0.342. The van der Waals surface area contributed by atoms with Gasteiger partial charge in [0, 0.05) is 32.4 Å². The Bertz CT molecular complexity index is 758. The first kappa shape index (κ1) is 25.8. The van der Waals surface area contributed by atoms with E-state index in [0.29, 0.717) is 35.6 Å². The summed E-state index contributed by atoms with van der Waals surface area (Å²) in [7, 11) is 4.96. The number of pyridine rings is 1. The van der Waals surface area contributed by atoms with Crippen LogP contribution in [0.3, 0.4) is 0 Å². The maximum Gasteiger partial charge on any atom is 0.219 e. The van der Waals surface area contributed by atoms with Gasteiger partial charge in [-0.25, -0.2) is 4.98 Å². The van der Waals surface area contributed by atoms with Gasteiger partial charge < -0.3 is 24.8 Å². The molecule has 2 aromatic rings. The van der Waals surface area contributed by atoms with Crippen molar-refractivity contribution in [2.75, 3.05) is 27.8 Å². The Morgan fingerprint density at radius 3 is 2.20 bits per heavy atom. The van der Waals surface area contributed by atoms with Crippen LogP contribution < -0.4 is 24.8 Å². The molecule has 1 heterocycles. The van der Waals surface area contributed by atoms with E-state index in [1.807, 2.05) is 30.3 Å². The van der Waals surface area contributed by atoms with Crippen LogP contribution in [-0.4, -0.2) is 38.8 Å². The van der Waals surface area contributed by atoms with Crippen LogP contribution >= 0.6 is 24.0 Å². The van der Waals surface area contributed by atoms with Crippen LogP contribution in [0.1, 0.15) is 32.3 Å². The molecule has 0 spiro atoms. The first-order valence-corrected chi connectivity index (χ1v) is 9.93. The Morgan fingerprint density at radius 1 is 1.03 bits per heavy atom. The third kappa shape index (κ3) is 7.55. The lowest BCUT2D eigenvalue weighted by atomic mass is 10.0. The van der Waals surface area contributed by atoms with Crippen LogP contribution in [0, 0.1) is 5.92 Å². The Morgan fingerprint density at radius 2 is 1.70 bits per heavy atom. The van der Waals surface area contributed by atoms with Gasteiger partial charge in [-0.3, -0.25) is 4.99 Å². The molecule has 7 nitrogen and oxygen atoms in total. The van der Waals surface area contributed by atoms with Gasteiger partial charge in [0.05, 0.1) is 14.2 Å². The van der Waals surface area contributed by atoms with E-state index >= 15 is 0 Å². The number of methoxy groups -OCH3 is 2. The van der Waals surface area contributed by atoms with Gasteiger partial charge in [0.1, 0.15) is 0 Å². The van der Waals surface area contributed by atoms with Crippen LogP contribution in [-0.2, 0) is 6.54 Å². The summed E-state index contributed by atoms with van der Waals surface area (Å²) in [4.78, 5) is 8.67. The molecule has 1 aromatic carbocycles. The highest BCUT2D eigenvalue weighted by atomic mass is 127. The summed E-state index contributed by atoms with van der Waals surface area (Å²) in [5.74, 6) is 3.58. The van der Waals surface area contributed by atoms with Crippen molar-refractivity contribution < 1.29 is 14.2 Å². The molecule has 166 valence electrons. The number of hydrogen-bond acceptors (Lipinski definition) is 5. The molecule has 2 N–H and O–H groups in total. The molecule has 0 bridgehead atoms. The van der Waals surface area contributed by atoms with Gasteiger partial charge in [-0.1, -0.05) is 38.8 Å². The molecule has 0 saturated carbocycles. The zero-order valence-corrected chi connectivity index (χ0v) is 20.7. The normalized spacial score (nSPS) is 10.9. The summed E-state index contributed by atoms with van der Waals surface area (Å²) in [5, 5.41) is 6.69. The van der Waals surface area contributed by atoms with Crippen molar-refractivity contribution in [3.8, 4) is 23.1 Å². The number of aliphatic imine (C=N–C) groups is 1. The van der Waals surface area contributed by atoms with Crippen molar-refractivity contribution in [3.05, 3.63) is 42.1 Å². The van der Waals surface area contributed by atoms with E-state index in [1.54, 1.807) is 27.5 Å². The number of aromatic nitrogens is 1. The Hall–Kier alpha value is -2.23. The largest absolute Gasteiger partial charge is 0.493 e. The van der Waals surface area contributed by atoms with Crippen LogP contribution in [0.2, 0.25) is 0 Å². The van der Waals surface area contributed by atoms with E-state index in [2.05, 4.69) is 34.5 Å². The summed E-state index contributed by atoms with van der Waals surface area (Å²) in [6.45, 7) is 5.95. The zero-order valence-electron chi connectivity index (χ0n) is 18.4. The first-order valence-electron chi connectivity index (χ1n) is 9.93. The molecule has 1 aromatic heterocycles. The topological polar surface area (TPSA) is 77.0 Å². The number of guanidine groups is 1. The fourth-order valence-electron chi connectivity index (χ4n) is 2.82. The number of para-hydroxylation sites is 1. The van der Waals surface area contributed by atoms with Crippen molar-refractivity contribution in [2.24, 2.45) is 10.9 Å². The monoisotopic (exact) mass is 528 g/mol. The smallest absolute Gasteiger partial charge is 0.219 e. The number of nitrogens with one attached hydrogen (secondary N) is 2. The van der Waals surface area contributed by atoms with Gasteiger partial charge in [-0.05, 0) is 23.6 Å². The van der Waals surface area contributed by atoms with Crippen LogP contribution in [0.4, 0.5) is 0 Å². The van der Waals surface area contributed by atoms with Crippen LogP contribution in [0.25, 0.3) is 0 Å². The van der Waals surface area contributed by atoms with E-state index in [-0.39, 0.29) is 24.0 Å². The van der Waals surface area contributed by atoms with Gasteiger partial charge in [-0.15, -0.1) is 24.0 Å². The quantitative estimate of drug-likeness (QED) is 0.267. The van der Waals surface area contributed by atoms with Crippen molar-refractivity contribution >= 4 is 29.9 Å². The molecule has 0 aliphatic heterocycles. The molecule has 0 saturated heterocycles. The Kier molecular flexibility index (Phi) is 12.0. The van der Waals surface area contributed by atoms with Gasteiger partial charge in [-0.2, -0.15) is 0 Å². The molecule has 0 atom stereocenters. The summed E-state index contributed by atoms with van der Waals surface area (Å²) in [5.41, 5.74) is 1.02. The summed E-state index contributed by atoms with van der Waals surface area (Å²) >= 11 is 0. The SMILES string of the molecule is CCC(CC)CNC(=NC)NCc1ccc(Oc2c(OC)cccc2OC)nc1.I. The van der Waals surface area contributed by atoms with Crippen LogP contribution in [0.15, 0.2) is 41.5 Å². The molecule has 30 heavy (non-hydrogen) atoms. The lowest BCUT2D eigenvalue weighted by Crippen LogP contribution is -2.39. The number of halogens is 1. The molecular weight excluding hydrogens is 495 g/mol. The van der Waals surface area contributed by atoms with Crippen molar-refractivity contribution in [1.82, 2.24) is 15.6 Å². The number of benzene rings is 1. The summed E-state index contributed by atoms with van der Waals surface area (Å²) < 4.78 is 16.6. The second kappa shape index (κ2) is 13.9. The Labute approximate surface area is 196 Å². The van der Waals surface area contributed by atoms with Gasteiger partial charge in [0.25, 0.3) is 0 Å². The molecule has 2 rings (SSSR count). The van der Waals surface area contributed by atoms with Gasteiger partial charge in [0.15, 0.2) is 17.5 Å². The van der Waals surface area contributed by atoms with Gasteiger partial charge >= 0.3 is 0 Å². The Balaban J connectivity index is 0.00000450. The summed E-state index contributed by atoms with van der Waals surface area (Å²) in [6.07, 6.45) is 4.09. The van der Waals surface area contributed by atoms with E-state index in [4.69, 9.17) is 14.2 Å². The standard InChI is InChI=1S/C22H32N4O3.HI/c1-6-16(7-2)13-25-22(23-3)26-15-17-11-12-20(24-14-17)29-21-18(27-4)9-8-10-19(21)28-5;/h8-12,14,16H,6-7,13,15H2,1-5H3,(H2,23,25,26);1H. The second-order valence-corrected chi connectivity index (χ2v) is 6.59. The molecule has 0 radical (unpaired) electrons. The van der Waals surface area contributed by atoms with E-state index < -0.39 is 0 Å². The predicted molar refractivity (Wildman–Crippen MR) is 132 cm³/mol. The van der Waals surface area contributed by atoms with Gasteiger partial charge in [0.2, 0.25) is 11.6 Å². The first-order chi connectivity index (χ1) is 14.1. The summed E-state index contributed by atoms with van der Waals surface area (Å²) in [6, 6.07) is 9.26. The minimum absolute atomic E-state index is 0. The highest BCUT2D eigenvalue weighted by Crippen LogP contribution is 2.39. The molecule has 8 heteroatoms. The molecule has 0 unspecified atom stereocenters.